The number of para-hydroxylation sites is 1. The van der Waals surface area contributed by atoms with Crippen LogP contribution in [0.3, 0.4) is 0 Å². The second-order valence-electron chi connectivity index (χ2n) is 4.94. The van der Waals surface area contributed by atoms with Gasteiger partial charge in [-0.05, 0) is 25.1 Å². The Morgan fingerprint density at radius 2 is 2.09 bits per heavy atom. The molecule has 0 saturated heterocycles. The van der Waals surface area contributed by atoms with Gasteiger partial charge < -0.3 is 14.5 Å². The van der Waals surface area contributed by atoms with Crippen LogP contribution in [-0.4, -0.2) is 18.0 Å². The van der Waals surface area contributed by atoms with E-state index in [2.05, 4.69) is 10.3 Å². The van der Waals surface area contributed by atoms with E-state index in [9.17, 15) is 4.79 Å². The lowest BCUT2D eigenvalue weighted by atomic mass is 10.2. The van der Waals surface area contributed by atoms with Gasteiger partial charge in [0.25, 0.3) is 5.91 Å². The molecule has 1 aromatic carbocycles. The number of methoxy groups -OCH3 is 1. The van der Waals surface area contributed by atoms with Crippen LogP contribution in [0.2, 0.25) is 0 Å². The molecule has 22 heavy (non-hydrogen) atoms. The molecule has 2 aromatic heterocycles. The summed E-state index contributed by atoms with van der Waals surface area (Å²) in [6.45, 7) is 2.26. The molecular formula is C17H16N2O3. The third-order valence-corrected chi connectivity index (χ3v) is 3.37. The molecule has 0 saturated carbocycles. The van der Waals surface area contributed by atoms with Crippen molar-refractivity contribution in [3.63, 3.8) is 0 Å². The zero-order valence-electron chi connectivity index (χ0n) is 12.4. The Balaban J connectivity index is 1.76. The fourth-order valence-electron chi connectivity index (χ4n) is 2.25. The Hall–Kier alpha value is -2.82. The highest BCUT2D eigenvalue weighted by atomic mass is 16.5. The lowest BCUT2D eigenvalue weighted by molar-refractivity contribution is 0.0925. The van der Waals surface area contributed by atoms with Gasteiger partial charge in [0.15, 0.2) is 11.3 Å². The van der Waals surface area contributed by atoms with E-state index in [-0.39, 0.29) is 11.7 Å². The first-order valence-corrected chi connectivity index (χ1v) is 6.94. The van der Waals surface area contributed by atoms with Crippen LogP contribution in [-0.2, 0) is 6.54 Å². The van der Waals surface area contributed by atoms with Crippen molar-refractivity contribution in [3.05, 3.63) is 59.5 Å². The molecule has 0 aliphatic carbocycles. The summed E-state index contributed by atoms with van der Waals surface area (Å²) in [5, 5.41) is 2.83. The molecule has 112 valence electrons. The summed E-state index contributed by atoms with van der Waals surface area (Å²) < 4.78 is 10.8. The largest absolute Gasteiger partial charge is 0.496 e. The number of nitrogens with zero attached hydrogens (tertiary/aromatic N) is 1. The third-order valence-electron chi connectivity index (χ3n) is 3.37. The van der Waals surface area contributed by atoms with Crippen molar-refractivity contribution in [1.82, 2.24) is 10.3 Å². The summed E-state index contributed by atoms with van der Waals surface area (Å²) in [6, 6.07) is 12.9. The molecule has 3 rings (SSSR count). The number of aromatic nitrogens is 1. The molecular weight excluding hydrogens is 280 g/mol. The molecule has 0 spiro atoms. The highest BCUT2D eigenvalue weighted by Gasteiger charge is 2.13. The van der Waals surface area contributed by atoms with Gasteiger partial charge in [0.2, 0.25) is 0 Å². The topological polar surface area (TPSA) is 64.4 Å². The van der Waals surface area contributed by atoms with E-state index < -0.39 is 0 Å². The Morgan fingerprint density at radius 1 is 1.27 bits per heavy atom. The monoisotopic (exact) mass is 296 g/mol. The number of fused-ring (bicyclic) bond motifs is 1. The van der Waals surface area contributed by atoms with Crippen molar-refractivity contribution in [2.24, 2.45) is 0 Å². The van der Waals surface area contributed by atoms with E-state index in [0.29, 0.717) is 17.6 Å². The fourth-order valence-corrected chi connectivity index (χ4v) is 2.25. The molecule has 0 aliphatic rings. The van der Waals surface area contributed by atoms with E-state index >= 15 is 0 Å². The van der Waals surface area contributed by atoms with Crippen LogP contribution in [0.25, 0.3) is 11.1 Å². The predicted octanol–water partition coefficient (Wildman–Crippen LogP) is 3.07. The SMILES string of the molecule is COc1ccccc1CNC(=O)c1cc2nc(C)ccc2o1. The zero-order valence-corrected chi connectivity index (χ0v) is 12.4. The van der Waals surface area contributed by atoms with Gasteiger partial charge in [0, 0.05) is 23.9 Å². The van der Waals surface area contributed by atoms with Gasteiger partial charge in [-0.3, -0.25) is 4.79 Å². The van der Waals surface area contributed by atoms with Gasteiger partial charge in [0.1, 0.15) is 11.3 Å². The molecule has 0 radical (unpaired) electrons. The van der Waals surface area contributed by atoms with Crippen molar-refractivity contribution < 1.29 is 13.9 Å². The number of furan rings is 1. The van der Waals surface area contributed by atoms with Crippen LogP contribution in [0.4, 0.5) is 0 Å². The summed E-state index contributed by atoms with van der Waals surface area (Å²) in [4.78, 5) is 16.5. The number of pyridine rings is 1. The third kappa shape index (κ3) is 2.79. The average molecular weight is 296 g/mol. The number of rotatable bonds is 4. The molecule has 0 fully saturated rings. The van der Waals surface area contributed by atoms with Crippen LogP contribution >= 0.6 is 0 Å². The first-order valence-electron chi connectivity index (χ1n) is 6.94. The van der Waals surface area contributed by atoms with Crippen molar-refractivity contribution in [3.8, 4) is 5.75 Å². The Labute approximate surface area is 127 Å². The molecule has 0 unspecified atom stereocenters. The molecule has 2 heterocycles. The molecule has 0 atom stereocenters. The molecule has 1 N–H and O–H groups in total. The number of amides is 1. The van der Waals surface area contributed by atoms with Gasteiger partial charge in [-0.15, -0.1) is 0 Å². The van der Waals surface area contributed by atoms with E-state index in [1.165, 1.54) is 0 Å². The maximum Gasteiger partial charge on any atom is 0.287 e. The van der Waals surface area contributed by atoms with Crippen LogP contribution in [0.15, 0.2) is 46.9 Å². The van der Waals surface area contributed by atoms with Gasteiger partial charge in [-0.25, -0.2) is 4.98 Å². The summed E-state index contributed by atoms with van der Waals surface area (Å²) in [6.07, 6.45) is 0. The molecule has 1 amide bonds. The summed E-state index contributed by atoms with van der Waals surface area (Å²) in [7, 11) is 1.61. The zero-order chi connectivity index (χ0) is 15.5. The summed E-state index contributed by atoms with van der Waals surface area (Å²) in [5.41, 5.74) is 3.08. The first kappa shape index (κ1) is 14.1. The Bertz CT molecular complexity index is 824. The van der Waals surface area contributed by atoms with Crippen LogP contribution in [0, 0.1) is 6.92 Å². The number of carbonyl (C=O) groups excluding carboxylic acids is 1. The molecule has 0 bridgehead atoms. The minimum atomic E-state index is -0.276. The van der Waals surface area contributed by atoms with E-state index in [4.69, 9.17) is 9.15 Å². The summed E-state index contributed by atoms with van der Waals surface area (Å²) >= 11 is 0. The minimum Gasteiger partial charge on any atom is -0.496 e. The maximum absolute atomic E-state index is 12.2. The van der Waals surface area contributed by atoms with Crippen LogP contribution < -0.4 is 10.1 Å². The van der Waals surface area contributed by atoms with Gasteiger partial charge in [-0.1, -0.05) is 18.2 Å². The normalized spacial score (nSPS) is 10.6. The summed E-state index contributed by atoms with van der Waals surface area (Å²) in [5.74, 6) is 0.717. The van der Waals surface area contributed by atoms with Gasteiger partial charge in [0.05, 0.1) is 7.11 Å². The highest BCUT2D eigenvalue weighted by molar-refractivity contribution is 5.95. The molecule has 5 heteroatoms. The number of benzene rings is 1. The number of hydrogen-bond donors (Lipinski definition) is 1. The number of nitrogens with one attached hydrogen (secondary N) is 1. The Morgan fingerprint density at radius 3 is 2.91 bits per heavy atom. The van der Waals surface area contributed by atoms with Crippen molar-refractivity contribution >= 4 is 17.0 Å². The lowest BCUT2D eigenvalue weighted by Crippen LogP contribution is -2.22. The number of ether oxygens (including phenoxy) is 1. The number of aryl methyl sites for hydroxylation is 1. The number of carbonyl (C=O) groups is 1. The minimum absolute atomic E-state index is 0.253. The second-order valence-corrected chi connectivity index (χ2v) is 4.94. The lowest BCUT2D eigenvalue weighted by Gasteiger charge is -2.08. The maximum atomic E-state index is 12.2. The standard InChI is InChI=1S/C17H16N2O3/c1-11-7-8-15-13(19-11)9-16(22-15)17(20)18-10-12-5-3-4-6-14(12)21-2/h3-9H,10H2,1-2H3,(H,18,20). The molecule has 5 nitrogen and oxygen atoms in total. The van der Waals surface area contributed by atoms with Gasteiger partial charge >= 0.3 is 0 Å². The van der Waals surface area contributed by atoms with Gasteiger partial charge in [-0.2, -0.15) is 0 Å². The van der Waals surface area contributed by atoms with Crippen molar-refractivity contribution in [1.29, 1.82) is 0 Å². The van der Waals surface area contributed by atoms with E-state index in [0.717, 1.165) is 17.0 Å². The van der Waals surface area contributed by atoms with Crippen molar-refractivity contribution in [2.75, 3.05) is 7.11 Å². The molecule has 3 aromatic rings. The smallest absolute Gasteiger partial charge is 0.287 e. The molecule has 0 aliphatic heterocycles. The first-order chi connectivity index (χ1) is 10.7. The van der Waals surface area contributed by atoms with E-state index in [1.54, 1.807) is 13.2 Å². The fraction of sp³-hybridized carbons (Fsp3) is 0.176. The average Bonchev–Trinajstić information content (AvgIpc) is 2.96. The quantitative estimate of drug-likeness (QED) is 0.803. The van der Waals surface area contributed by atoms with Crippen LogP contribution in [0.5, 0.6) is 5.75 Å². The predicted molar refractivity (Wildman–Crippen MR) is 82.9 cm³/mol. The number of hydrogen-bond acceptors (Lipinski definition) is 4. The van der Waals surface area contributed by atoms with E-state index in [1.807, 2.05) is 43.3 Å². The van der Waals surface area contributed by atoms with Crippen LogP contribution in [0.1, 0.15) is 21.8 Å². The highest BCUT2D eigenvalue weighted by Crippen LogP contribution is 2.19. The second kappa shape index (κ2) is 5.89. The van der Waals surface area contributed by atoms with Crippen molar-refractivity contribution in [2.45, 2.75) is 13.5 Å². The Kier molecular flexibility index (Phi) is 3.78.